The Morgan fingerprint density at radius 1 is 1.20 bits per heavy atom. The van der Waals surface area contributed by atoms with Crippen LogP contribution in [-0.2, 0) is 9.53 Å². The van der Waals surface area contributed by atoms with Gasteiger partial charge in [-0.05, 0) is 51.7 Å². The maximum absolute atomic E-state index is 12.8. The van der Waals surface area contributed by atoms with E-state index in [0.717, 1.165) is 87.8 Å². The summed E-state index contributed by atoms with van der Waals surface area (Å²) in [5.74, 6) is 1.89. The van der Waals surface area contributed by atoms with E-state index in [9.17, 15) is 10.1 Å². The Labute approximate surface area is 240 Å². The second-order valence-corrected chi connectivity index (χ2v) is 11.4. The number of hydrogen-bond donors (Lipinski definition) is 0. The second kappa shape index (κ2) is 12.0. The summed E-state index contributed by atoms with van der Waals surface area (Å²) < 4.78 is 13.3. The SMILES string of the molecule is CN(C)CCCC(=O)N1C2CC1CN(c1ccc(-c3cc(OCCN4CCOCC4)cn4ncc(C#N)c34)cn1)C2. The Hall–Kier alpha value is -3.72. The van der Waals surface area contributed by atoms with Crippen LogP contribution in [0.4, 0.5) is 5.82 Å². The first-order valence-electron chi connectivity index (χ1n) is 14.5. The molecule has 7 heterocycles. The Morgan fingerprint density at radius 3 is 2.71 bits per heavy atom. The lowest BCUT2D eigenvalue weighted by Gasteiger charge is -2.56. The van der Waals surface area contributed by atoms with Crippen LogP contribution < -0.4 is 9.64 Å². The zero-order valence-electron chi connectivity index (χ0n) is 23.9. The number of piperazine rings is 1. The molecule has 2 unspecified atom stereocenters. The molecular formula is C30H38N8O3. The van der Waals surface area contributed by atoms with Crippen molar-refractivity contribution in [3.63, 3.8) is 0 Å². The number of rotatable bonds is 10. The van der Waals surface area contributed by atoms with Gasteiger partial charge in [0.25, 0.3) is 0 Å². The van der Waals surface area contributed by atoms with Crippen LogP contribution in [0.25, 0.3) is 16.6 Å². The standard InChI is InChI=1S/C30H38N8O3/c1-34(2)7-3-4-29(39)38-24-14-25(38)20-36(19-24)28-6-5-22(17-32-28)27-15-26(21-37-30(27)23(16-31)18-33-37)41-13-10-35-8-11-40-12-9-35/h5-6,15,17-18,21,24-25H,3-4,7-14,19-20H2,1-2H3. The fourth-order valence-corrected chi connectivity index (χ4v) is 6.21. The smallest absolute Gasteiger partial charge is 0.223 e. The molecule has 11 heteroatoms. The molecule has 4 aliphatic rings. The van der Waals surface area contributed by atoms with E-state index in [1.165, 1.54) is 0 Å². The molecule has 3 aromatic heterocycles. The first kappa shape index (κ1) is 27.4. The van der Waals surface area contributed by atoms with E-state index in [1.54, 1.807) is 10.7 Å². The number of carbonyl (C=O) groups excluding carboxylic acids is 1. The minimum Gasteiger partial charge on any atom is -0.491 e. The number of anilines is 1. The second-order valence-electron chi connectivity index (χ2n) is 11.4. The molecule has 4 aliphatic heterocycles. The Morgan fingerprint density at radius 2 is 2.00 bits per heavy atom. The number of piperidine rings is 1. The maximum atomic E-state index is 12.8. The molecule has 11 nitrogen and oxygen atoms in total. The predicted molar refractivity (Wildman–Crippen MR) is 155 cm³/mol. The van der Waals surface area contributed by atoms with Crippen LogP contribution in [0, 0.1) is 11.3 Å². The van der Waals surface area contributed by atoms with E-state index in [1.807, 2.05) is 44.7 Å². The number of morpholine rings is 1. The van der Waals surface area contributed by atoms with E-state index in [0.29, 0.717) is 24.3 Å². The lowest BCUT2D eigenvalue weighted by atomic mass is 9.86. The van der Waals surface area contributed by atoms with Crippen molar-refractivity contribution in [1.82, 2.24) is 29.3 Å². The Kier molecular flexibility index (Phi) is 8.05. The molecule has 4 saturated heterocycles. The summed E-state index contributed by atoms with van der Waals surface area (Å²) in [4.78, 5) is 26.5. The fraction of sp³-hybridized carbons (Fsp3) is 0.533. The molecule has 0 spiro atoms. The van der Waals surface area contributed by atoms with Gasteiger partial charge in [-0.25, -0.2) is 9.50 Å². The summed E-state index contributed by atoms with van der Waals surface area (Å²) in [6.45, 7) is 7.28. The van der Waals surface area contributed by atoms with Crippen LogP contribution in [-0.4, -0.2) is 120 Å². The van der Waals surface area contributed by atoms with Gasteiger partial charge in [-0.1, -0.05) is 0 Å². The van der Waals surface area contributed by atoms with Crippen molar-refractivity contribution < 1.29 is 14.3 Å². The fourth-order valence-electron chi connectivity index (χ4n) is 6.21. The van der Waals surface area contributed by atoms with Gasteiger partial charge in [0.1, 0.15) is 24.2 Å². The minimum absolute atomic E-state index is 0.262. The summed E-state index contributed by atoms with van der Waals surface area (Å²) in [5.41, 5.74) is 3.01. The number of amides is 1. The monoisotopic (exact) mass is 558 g/mol. The minimum atomic E-state index is 0.262. The first-order chi connectivity index (χ1) is 20.0. The molecule has 0 aliphatic carbocycles. The molecule has 4 fully saturated rings. The van der Waals surface area contributed by atoms with Gasteiger partial charge >= 0.3 is 0 Å². The van der Waals surface area contributed by atoms with Gasteiger partial charge < -0.3 is 24.2 Å². The largest absolute Gasteiger partial charge is 0.491 e. The van der Waals surface area contributed by atoms with Gasteiger partial charge in [-0.3, -0.25) is 9.69 Å². The number of aromatic nitrogens is 3. The van der Waals surface area contributed by atoms with Crippen molar-refractivity contribution in [1.29, 1.82) is 5.26 Å². The van der Waals surface area contributed by atoms with Crippen molar-refractivity contribution in [2.24, 2.45) is 0 Å². The van der Waals surface area contributed by atoms with Crippen molar-refractivity contribution in [2.45, 2.75) is 31.3 Å². The number of carbonyl (C=O) groups is 1. The maximum Gasteiger partial charge on any atom is 0.223 e. The number of hydrogen-bond acceptors (Lipinski definition) is 9. The summed E-state index contributed by atoms with van der Waals surface area (Å²) >= 11 is 0. The van der Waals surface area contributed by atoms with E-state index >= 15 is 0 Å². The Bertz CT molecular complexity index is 1400. The van der Waals surface area contributed by atoms with Crippen molar-refractivity contribution in [2.75, 3.05) is 78.1 Å². The molecule has 2 atom stereocenters. The van der Waals surface area contributed by atoms with E-state index in [2.05, 4.69) is 30.8 Å². The summed E-state index contributed by atoms with van der Waals surface area (Å²) in [7, 11) is 4.08. The van der Waals surface area contributed by atoms with Crippen LogP contribution >= 0.6 is 0 Å². The summed E-state index contributed by atoms with van der Waals surface area (Å²) in [6, 6.07) is 8.85. The average molecular weight is 559 g/mol. The highest BCUT2D eigenvalue weighted by molar-refractivity contribution is 5.85. The molecule has 216 valence electrons. The molecule has 7 rings (SSSR count). The van der Waals surface area contributed by atoms with Crippen LogP contribution in [0.3, 0.4) is 0 Å². The van der Waals surface area contributed by atoms with E-state index < -0.39 is 0 Å². The molecule has 0 radical (unpaired) electrons. The lowest BCUT2D eigenvalue weighted by Crippen LogP contribution is -2.70. The molecular weight excluding hydrogens is 520 g/mol. The van der Waals surface area contributed by atoms with Crippen LogP contribution in [0.15, 0.2) is 36.8 Å². The molecule has 0 aromatic carbocycles. The molecule has 0 N–H and O–H groups in total. The highest BCUT2D eigenvalue weighted by Crippen LogP contribution is 2.36. The first-order valence-corrected chi connectivity index (χ1v) is 14.5. The average Bonchev–Trinajstić information content (AvgIpc) is 3.40. The molecule has 0 saturated carbocycles. The van der Waals surface area contributed by atoms with E-state index in [-0.39, 0.29) is 18.0 Å². The quantitative estimate of drug-likeness (QED) is 0.370. The van der Waals surface area contributed by atoms with Gasteiger partial charge in [0.2, 0.25) is 5.91 Å². The summed E-state index contributed by atoms with van der Waals surface area (Å²) in [5, 5.41) is 14.1. The molecule has 2 bridgehead atoms. The number of nitrogens with zero attached hydrogens (tertiary/aromatic N) is 8. The summed E-state index contributed by atoms with van der Waals surface area (Å²) in [6.07, 6.45) is 7.86. The zero-order chi connectivity index (χ0) is 28.3. The van der Waals surface area contributed by atoms with Crippen LogP contribution in [0.2, 0.25) is 0 Å². The highest BCUT2D eigenvalue weighted by atomic mass is 16.5. The Balaban J connectivity index is 1.14. The van der Waals surface area contributed by atoms with Crippen molar-refractivity contribution in [3.8, 4) is 22.9 Å². The number of fused-ring (bicyclic) bond motifs is 3. The third-order valence-electron chi connectivity index (χ3n) is 8.35. The number of ether oxygens (including phenoxy) is 2. The normalized spacial score (nSPS) is 20.7. The van der Waals surface area contributed by atoms with Gasteiger partial charge in [0, 0.05) is 56.5 Å². The topological polar surface area (TPSA) is 102 Å². The van der Waals surface area contributed by atoms with Gasteiger partial charge in [0.05, 0.1) is 48.8 Å². The zero-order valence-corrected chi connectivity index (χ0v) is 23.9. The van der Waals surface area contributed by atoms with Crippen LogP contribution in [0.5, 0.6) is 5.75 Å². The molecule has 1 amide bonds. The number of nitriles is 1. The van der Waals surface area contributed by atoms with Gasteiger partial charge in [-0.2, -0.15) is 10.4 Å². The van der Waals surface area contributed by atoms with Crippen LogP contribution in [0.1, 0.15) is 24.8 Å². The lowest BCUT2D eigenvalue weighted by molar-refractivity contribution is -0.146. The van der Waals surface area contributed by atoms with Gasteiger partial charge in [-0.15, -0.1) is 0 Å². The molecule has 3 aromatic rings. The third kappa shape index (κ3) is 5.86. The van der Waals surface area contributed by atoms with E-state index in [4.69, 9.17) is 14.5 Å². The third-order valence-corrected chi connectivity index (χ3v) is 8.35. The van der Waals surface area contributed by atoms with Gasteiger partial charge in [0.15, 0.2) is 0 Å². The predicted octanol–water partition coefficient (Wildman–Crippen LogP) is 2.11. The van der Waals surface area contributed by atoms with Crippen molar-refractivity contribution in [3.05, 3.63) is 42.4 Å². The molecule has 41 heavy (non-hydrogen) atoms. The van der Waals surface area contributed by atoms with Crippen molar-refractivity contribution >= 4 is 17.2 Å². The highest BCUT2D eigenvalue weighted by Gasteiger charge is 2.47. The number of pyridine rings is 2.